The quantitative estimate of drug-likeness (QED) is 0.792. The Morgan fingerprint density at radius 1 is 1.30 bits per heavy atom. The number of carbonyl (C=O) groups excluding carboxylic acids is 1. The number of amides is 1. The number of piperidine rings is 1. The van der Waals surface area contributed by atoms with Crippen molar-refractivity contribution in [3.05, 3.63) is 18.2 Å². The Kier molecular flexibility index (Phi) is 5.56. The third kappa shape index (κ3) is 4.26. The van der Waals surface area contributed by atoms with Crippen molar-refractivity contribution in [2.45, 2.75) is 62.8 Å². The lowest BCUT2D eigenvalue weighted by Gasteiger charge is -2.39. The lowest BCUT2D eigenvalue weighted by molar-refractivity contribution is 0.0160. The highest BCUT2D eigenvalue weighted by atomic mass is 32.2. The van der Waals surface area contributed by atoms with Gasteiger partial charge < -0.3 is 19.5 Å². The van der Waals surface area contributed by atoms with Crippen LogP contribution < -0.4 is 5.32 Å². The van der Waals surface area contributed by atoms with Crippen LogP contribution >= 0.6 is 11.8 Å². The smallest absolute Gasteiger partial charge is 0.274 e. The Labute approximate surface area is 183 Å². The standard InChI is InChI=1S/C22H33N5O2S/c1-22(29-14-24-21(30-22)25-18-10-16-3-4-17(18)9-16)11-15-5-7-27(8-6-15)20(28)19-12-26(2)13-23-19/h12-13,15-18H,3-11,14H2,1-2H3,(H,24,25)/t16-,17+,18+,22?/m1/s1. The number of amidine groups is 1. The SMILES string of the molecule is Cn1cnc(C(=O)N2CCC(CC3(C)OCN=C(N[C@H]4C[C@@H]5CC[C@H]4C5)S3)CC2)c1. The summed E-state index contributed by atoms with van der Waals surface area (Å²) in [5.74, 6) is 2.39. The van der Waals surface area contributed by atoms with Crippen molar-refractivity contribution in [3.63, 3.8) is 0 Å². The summed E-state index contributed by atoms with van der Waals surface area (Å²) in [4.78, 5) is 23.2. The Morgan fingerprint density at radius 2 is 2.13 bits per heavy atom. The molecule has 3 fully saturated rings. The molecule has 0 spiro atoms. The Morgan fingerprint density at radius 3 is 2.80 bits per heavy atom. The van der Waals surface area contributed by atoms with Gasteiger partial charge in [0.05, 0.1) is 6.33 Å². The maximum Gasteiger partial charge on any atom is 0.274 e. The van der Waals surface area contributed by atoms with Crippen molar-refractivity contribution < 1.29 is 9.53 Å². The zero-order chi connectivity index (χ0) is 20.7. The van der Waals surface area contributed by atoms with E-state index in [0.29, 0.717) is 24.4 Å². The van der Waals surface area contributed by atoms with Crippen molar-refractivity contribution in [2.75, 3.05) is 19.8 Å². The monoisotopic (exact) mass is 431 g/mol. The van der Waals surface area contributed by atoms with E-state index < -0.39 is 0 Å². The van der Waals surface area contributed by atoms with Crippen LogP contribution in [0.3, 0.4) is 0 Å². The van der Waals surface area contributed by atoms with Crippen molar-refractivity contribution in [3.8, 4) is 0 Å². The molecule has 1 amide bonds. The molecule has 30 heavy (non-hydrogen) atoms. The third-order valence-corrected chi connectivity index (χ3v) is 8.58. The molecule has 1 saturated heterocycles. The second-order valence-corrected chi connectivity index (χ2v) is 11.2. The molecule has 8 heteroatoms. The maximum atomic E-state index is 12.6. The first-order valence-corrected chi connectivity index (χ1v) is 12.2. The summed E-state index contributed by atoms with van der Waals surface area (Å²) in [6.45, 7) is 4.25. The van der Waals surface area contributed by atoms with E-state index in [2.05, 4.69) is 22.2 Å². The van der Waals surface area contributed by atoms with E-state index in [0.717, 1.165) is 49.4 Å². The summed E-state index contributed by atoms with van der Waals surface area (Å²) >= 11 is 1.77. The molecule has 1 aromatic heterocycles. The van der Waals surface area contributed by atoms with Crippen molar-refractivity contribution >= 4 is 22.8 Å². The number of nitrogens with one attached hydrogen (secondary N) is 1. The van der Waals surface area contributed by atoms with Crippen LogP contribution in [0.4, 0.5) is 0 Å². The zero-order valence-electron chi connectivity index (χ0n) is 18.0. The fourth-order valence-corrected chi connectivity index (χ4v) is 6.97. The molecule has 2 bridgehead atoms. The van der Waals surface area contributed by atoms with Gasteiger partial charge in [0.15, 0.2) is 5.17 Å². The summed E-state index contributed by atoms with van der Waals surface area (Å²) in [7, 11) is 1.89. The zero-order valence-corrected chi connectivity index (χ0v) is 18.9. The van der Waals surface area contributed by atoms with Crippen molar-refractivity contribution in [1.29, 1.82) is 0 Å². The first-order valence-electron chi connectivity index (χ1n) is 11.4. The van der Waals surface area contributed by atoms with E-state index in [1.807, 2.05) is 16.5 Å². The van der Waals surface area contributed by atoms with Crippen LogP contribution in [0.2, 0.25) is 0 Å². The Bertz CT molecular complexity index is 818. The molecule has 4 atom stereocenters. The molecule has 5 rings (SSSR count). The van der Waals surface area contributed by atoms with Crippen LogP contribution in [0.15, 0.2) is 17.5 Å². The Hall–Kier alpha value is -1.54. The number of aliphatic imine (C=N–C) groups is 1. The Balaban J connectivity index is 1.12. The number of aryl methyl sites for hydroxylation is 1. The number of hydrogen-bond acceptors (Lipinski definition) is 6. The summed E-state index contributed by atoms with van der Waals surface area (Å²) in [5, 5.41) is 4.83. The lowest BCUT2D eigenvalue weighted by Crippen LogP contribution is -2.44. The largest absolute Gasteiger partial charge is 0.362 e. The normalized spacial score (nSPS) is 34.3. The summed E-state index contributed by atoms with van der Waals surface area (Å²) in [5.41, 5.74) is 0.543. The van der Waals surface area contributed by atoms with E-state index in [-0.39, 0.29) is 10.8 Å². The van der Waals surface area contributed by atoms with E-state index in [4.69, 9.17) is 4.74 Å². The van der Waals surface area contributed by atoms with Crippen LogP contribution in [0, 0.1) is 17.8 Å². The minimum absolute atomic E-state index is 0.0491. The van der Waals surface area contributed by atoms with Gasteiger partial charge in [-0.3, -0.25) is 4.79 Å². The first kappa shape index (κ1) is 20.4. The van der Waals surface area contributed by atoms with Crippen LogP contribution in [-0.4, -0.2) is 56.3 Å². The van der Waals surface area contributed by atoms with Crippen LogP contribution in [-0.2, 0) is 11.8 Å². The lowest BCUT2D eigenvalue weighted by atomic mass is 9.91. The topological polar surface area (TPSA) is 71.8 Å². The minimum atomic E-state index is -0.237. The molecule has 1 unspecified atom stereocenters. The number of imidazole rings is 1. The molecule has 1 N–H and O–H groups in total. The minimum Gasteiger partial charge on any atom is -0.362 e. The number of thioether (sulfide) groups is 1. The number of hydrogen-bond donors (Lipinski definition) is 1. The maximum absolute atomic E-state index is 12.6. The van der Waals surface area contributed by atoms with E-state index in [9.17, 15) is 4.79 Å². The van der Waals surface area contributed by atoms with Gasteiger partial charge in [0.25, 0.3) is 5.91 Å². The van der Waals surface area contributed by atoms with Crippen LogP contribution in [0.5, 0.6) is 0 Å². The second kappa shape index (κ2) is 8.19. The number of carbonyl (C=O) groups is 1. The average Bonchev–Trinajstić information content (AvgIpc) is 3.45. The van der Waals surface area contributed by atoms with Gasteiger partial charge in [0.1, 0.15) is 17.4 Å². The molecule has 2 aliphatic heterocycles. The fraction of sp³-hybridized carbons (Fsp3) is 0.773. The average molecular weight is 432 g/mol. The number of likely N-dealkylation sites (tertiary alicyclic amines) is 1. The number of aromatic nitrogens is 2. The molecule has 3 heterocycles. The molecule has 4 aliphatic rings. The first-order chi connectivity index (χ1) is 14.5. The van der Waals surface area contributed by atoms with Gasteiger partial charge >= 0.3 is 0 Å². The molecular weight excluding hydrogens is 398 g/mol. The molecule has 1 aromatic rings. The van der Waals surface area contributed by atoms with Gasteiger partial charge in [-0.1, -0.05) is 18.2 Å². The van der Waals surface area contributed by atoms with Crippen molar-refractivity contribution in [1.82, 2.24) is 19.8 Å². The number of rotatable bonds is 4. The third-order valence-electron chi connectivity index (χ3n) is 7.42. The van der Waals surface area contributed by atoms with E-state index >= 15 is 0 Å². The van der Waals surface area contributed by atoms with Gasteiger partial charge in [-0.25, -0.2) is 9.98 Å². The van der Waals surface area contributed by atoms with Crippen LogP contribution in [0.1, 0.15) is 62.4 Å². The molecular formula is C22H33N5O2S. The fourth-order valence-electron chi connectivity index (χ4n) is 5.80. The van der Waals surface area contributed by atoms with Crippen molar-refractivity contribution in [2.24, 2.45) is 29.8 Å². The van der Waals surface area contributed by atoms with Gasteiger partial charge in [-0.15, -0.1) is 0 Å². The highest BCUT2D eigenvalue weighted by molar-refractivity contribution is 8.14. The molecule has 164 valence electrons. The molecule has 7 nitrogen and oxygen atoms in total. The van der Waals surface area contributed by atoms with Gasteiger partial charge in [-0.05, 0) is 63.2 Å². The number of fused-ring (bicyclic) bond motifs is 2. The molecule has 0 aromatic carbocycles. The number of ether oxygens (including phenoxy) is 1. The highest BCUT2D eigenvalue weighted by Crippen LogP contribution is 2.45. The predicted molar refractivity (Wildman–Crippen MR) is 118 cm³/mol. The summed E-state index contributed by atoms with van der Waals surface area (Å²) in [6, 6.07) is 0.609. The second-order valence-electron chi connectivity index (χ2n) is 9.76. The number of nitrogens with zero attached hydrogens (tertiary/aromatic N) is 4. The van der Waals surface area contributed by atoms with Crippen LogP contribution in [0.25, 0.3) is 0 Å². The predicted octanol–water partition coefficient (Wildman–Crippen LogP) is 3.23. The van der Waals surface area contributed by atoms with Gasteiger partial charge in [0.2, 0.25) is 0 Å². The highest BCUT2D eigenvalue weighted by Gasteiger charge is 2.42. The van der Waals surface area contributed by atoms with E-state index in [1.165, 1.54) is 25.7 Å². The summed E-state index contributed by atoms with van der Waals surface area (Å²) < 4.78 is 7.94. The van der Waals surface area contributed by atoms with Gasteiger partial charge in [-0.2, -0.15) is 0 Å². The van der Waals surface area contributed by atoms with E-state index in [1.54, 1.807) is 24.3 Å². The summed E-state index contributed by atoms with van der Waals surface area (Å²) in [6.07, 6.45) is 12.0. The molecule has 2 saturated carbocycles. The van der Waals surface area contributed by atoms with Gasteiger partial charge in [0, 0.05) is 32.4 Å². The molecule has 2 aliphatic carbocycles. The molecule has 0 radical (unpaired) electrons.